The van der Waals surface area contributed by atoms with Crippen molar-refractivity contribution in [1.82, 2.24) is 0 Å². The van der Waals surface area contributed by atoms with Gasteiger partial charge in [-0.2, -0.15) is 0 Å². The maximum atomic E-state index is 11.0. The number of hydrogen-bond donors (Lipinski definition) is 0. The van der Waals surface area contributed by atoms with Gasteiger partial charge in [0.1, 0.15) is 10.8 Å². The van der Waals surface area contributed by atoms with Crippen LogP contribution < -0.4 is 4.74 Å². The summed E-state index contributed by atoms with van der Waals surface area (Å²) in [5.41, 5.74) is -0.351. The molecule has 0 aliphatic rings. The lowest BCUT2D eigenvalue weighted by atomic mass is 10.3. The van der Waals surface area contributed by atoms with Gasteiger partial charge in [0.2, 0.25) is 5.75 Å². The fourth-order valence-corrected chi connectivity index (χ4v) is 2.27. The van der Waals surface area contributed by atoms with Crippen LogP contribution in [-0.4, -0.2) is 4.92 Å². The Morgan fingerprint density at radius 3 is 2.20 bits per heavy atom. The lowest BCUT2D eigenvalue weighted by Gasteiger charge is -2.09. The van der Waals surface area contributed by atoms with E-state index in [2.05, 4.69) is 0 Å². The van der Waals surface area contributed by atoms with Gasteiger partial charge < -0.3 is 4.74 Å². The maximum absolute atomic E-state index is 11.0. The van der Waals surface area contributed by atoms with Crippen molar-refractivity contribution in [3.8, 4) is 11.5 Å². The molecule has 0 unspecified atom stereocenters. The average Bonchev–Trinajstić information content (AvgIpc) is 2.35. The highest BCUT2D eigenvalue weighted by atomic mass is 35.5. The van der Waals surface area contributed by atoms with E-state index in [1.165, 1.54) is 30.3 Å². The minimum atomic E-state index is -0.636. The monoisotopic (exact) mass is 351 g/mol. The molecule has 0 spiro atoms. The van der Waals surface area contributed by atoms with Crippen LogP contribution in [0.5, 0.6) is 11.5 Å². The standard InChI is InChI=1S/C12H5Cl4NO3/c13-6-2-1-3-10(12(6)17(18)19)20-11-5-8(15)7(14)4-9(11)16/h1-5H. The molecule has 4 nitrogen and oxygen atoms in total. The summed E-state index contributed by atoms with van der Waals surface area (Å²) < 4.78 is 5.42. The fourth-order valence-electron chi connectivity index (χ4n) is 1.46. The average molecular weight is 353 g/mol. The van der Waals surface area contributed by atoms with Crippen LogP contribution in [-0.2, 0) is 0 Å². The molecule has 2 aromatic rings. The van der Waals surface area contributed by atoms with E-state index in [-0.39, 0.29) is 37.3 Å². The Kier molecular flexibility index (Phi) is 4.60. The third-order valence-corrected chi connectivity index (χ3v) is 3.65. The zero-order valence-corrected chi connectivity index (χ0v) is 12.6. The van der Waals surface area contributed by atoms with Gasteiger partial charge in [0, 0.05) is 6.07 Å². The Balaban J connectivity index is 2.48. The topological polar surface area (TPSA) is 52.4 Å². The Morgan fingerprint density at radius 1 is 0.900 bits per heavy atom. The van der Waals surface area contributed by atoms with Crippen LogP contribution in [0.15, 0.2) is 30.3 Å². The molecule has 0 aromatic heterocycles. The van der Waals surface area contributed by atoms with Crippen LogP contribution in [0.25, 0.3) is 0 Å². The molecule has 0 N–H and O–H groups in total. The van der Waals surface area contributed by atoms with Crippen LogP contribution in [0.2, 0.25) is 20.1 Å². The molecule has 0 aliphatic carbocycles. The van der Waals surface area contributed by atoms with Gasteiger partial charge in [-0.25, -0.2) is 0 Å². The predicted octanol–water partition coefficient (Wildman–Crippen LogP) is 6.00. The zero-order chi connectivity index (χ0) is 14.9. The predicted molar refractivity (Wildman–Crippen MR) is 79.7 cm³/mol. The molecule has 0 saturated carbocycles. The molecule has 20 heavy (non-hydrogen) atoms. The molecule has 8 heteroatoms. The maximum Gasteiger partial charge on any atom is 0.329 e. The van der Waals surface area contributed by atoms with Crippen molar-refractivity contribution in [3.63, 3.8) is 0 Å². The second-order valence-corrected chi connectivity index (χ2v) is 5.27. The van der Waals surface area contributed by atoms with Gasteiger partial charge in [0.25, 0.3) is 0 Å². The Labute approximate surface area is 133 Å². The molecule has 0 saturated heterocycles. The summed E-state index contributed by atoms with van der Waals surface area (Å²) in [6.45, 7) is 0. The molecule has 0 aliphatic heterocycles. The number of halogens is 4. The number of ether oxygens (including phenoxy) is 1. The second kappa shape index (κ2) is 6.06. The van der Waals surface area contributed by atoms with Crippen molar-refractivity contribution < 1.29 is 9.66 Å². The van der Waals surface area contributed by atoms with E-state index in [9.17, 15) is 10.1 Å². The van der Waals surface area contributed by atoms with Crippen molar-refractivity contribution in [2.45, 2.75) is 0 Å². The van der Waals surface area contributed by atoms with Crippen molar-refractivity contribution >= 4 is 52.1 Å². The van der Waals surface area contributed by atoms with Crippen molar-refractivity contribution in [3.05, 3.63) is 60.5 Å². The summed E-state index contributed by atoms with van der Waals surface area (Å²) in [5.74, 6) is 0.106. The summed E-state index contributed by atoms with van der Waals surface area (Å²) in [5, 5.41) is 11.6. The van der Waals surface area contributed by atoms with Crippen molar-refractivity contribution in [2.75, 3.05) is 0 Å². The number of rotatable bonds is 3. The van der Waals surface area contributed by atoms with Gasteiger partial charge in [0.15, 0.2) is 0 Å². The number of benzene rings is 2. The Bertz CT molecular complexity index is 691. The molecule has 2 aromatic carbocycles. The van der Waals surface area contributed by atoms with Crippen LogP contribution in [0.3, 0.4) is 0 Å². The van der Waals surface area contributed by atoms with Gasteiger partial charge in [-0.15, -0.1) is 0 Å². The lowest BCUT2D eigenvalue weighted by Crippen LogP contribution is -1.94. The van der Waals surface area contributed by atoms with Gasteiger partial charge in [0.05, 0.1) is 20.0 Å². The van der Waals surface area contributed by atoms with E-state index in [0.29, 0.717) is 0 Å². The zero-order valence-electron chi connectivity index (χ0n) is 9.57. The largest absolute Gasteiger partial charge is 0.448 e. The Morgan fingerprint density at radius 2 is 1.55 bits per heavy atom. The van der Waals surface area contributed by atoms with Crippen LogP contribution in [0.1, 0.15) is 0 Å². The van der Waals surface area contributed by atoms with Crippen LogP contribution in [0.4, 0.5) is 5.69 Å². The van der Waals surface area contributed by atoms with E-state index in [4.69, 9.17) is 51.1 Å². The number of nitrogens with zero attached hydrogens (tertiary/aromatic N) is 1. The first-order valence-electron chi connectivity index (χ1n) is 5.15. The van der Waals surface area contributed by atoms with Gasteiger partial charge >= 0.3 is 5.69 Å². The normalized spacial score (nSPS) is 10.4. The molecule has 0 radical (unpaired) electrons. The molecule has 2 rings (SSSR count). The summed E-state index contributed by atoms with van der Waals surface area (Å²) in [6, 6.07) is 7.08. The molecule has 0 fully saturated rings. The molecule has 0 bridgehead atoms. The van der Waals surface area contributed by atoms with E-state index in [1.54, 1.807) is 0 Å². The third-order valence-electron chi connectivity index (χ3n) is 2.33. The van der Waals surface area contributed by atoms with Crippen LogP contribution in [0, 0.1) is 10.1 Å². The molecule has 0 atom stereocenters. The first kappa shape index (κ1) is 15.2. The number of hydrogen-bond acceptors (Lipinski definition) is 3. The highest BCUT2D eigenvalue weighted by Gasteiger charge is 2.21. The highest BCUT2D eigenvalue weighted by molar-refractivity contribution is 6.43. The minimum Gasteiger partial charge on any atom is -0.448 e. The smallest absolute Gasteiger partial charge is 0.329 e. The van der Waals surface area contributed by atoms with Gasteiger partial charge in [-0.1, -0.05) is 52.5 Å². The first-order valence-corrected chi connectivity index (χ1v) is 6.66. The molecular weight excluding hydrogens is 348 g/mol. The lowest BCUT2D eigenvalue weighted by molar-refractivity contribution is -0.385. The quantitative estimate of drug-likeness (QED) is 0.386. The minimum absolute atomic E-state index is 0.0383. The first-order chi connectivity index (χ1) is 9.40. The highest BCUT2D eigenvalue weighted by Crippen LogP contribution is 2.41. The number of nitro benzene ring substituents is 1. The van der Waals surface area contributed by atoms with Crippen LogP contribution >= 0.6 is 46.4 Å². The van der Waals surface area contributed by atoms with Gasteiger partial charge in [-0.3, -0.25) is 10.1 Å². The van der Waals surface area contributed by atoms with Crippen molar-refractivity contribution in [2.24, 2.45) is 0 Å². The SMILES string of the molecule is O=[N+]([O-])c1c(Cl)cccc1Oc1cc(Cl)c(Cl)cc1Cl. The molecular formula is C12H5Cl4NO3. The summed E-state index contributed by atoms with van der Waals surface area (Å²) in [6.07, 6.45) is 0. The Hall–Kier alpha value is -1.20. The second-order valence-electron chi connectivity index (χ2n) is 3.64. The van der Waals surface area contributed by atoms with Crippen molar-refractivity contribution in [1.29, 1.82) is 0 Å². The van der Waals surface area contributed by atoms with E-state index in [1.807, 2.05) is 0 Å². The summed E-state index contributed by atoms with van der Waals surface area (Å²) >= 11 is 23.4. The number of nitro groups is 1. The summed E-state index contributed by atoms with van der Waals surface area (Å²) in [7, 11) is 0. The molecule has 104 valence electrons. The van der Waals surface area contributed by atoms with Gasteiger partial charge in [-0.05, 0) is 18.2 Å². The molecule has 0 amide bonds. The number of para-hydroxylation sites is 1. The van der Waals surface area contributed by atoms with E-state index in [0.717, 1.165) is 0 Å². The van der Waals surface area contributed by atoms with E-state index >= 15 is 0 Å². The summed E-state index contributed by atoms with van der Waals surface area (Å²) in [4.78, 5) is 10.4. The third kappa shape index (κ3) is 3.10. The molecule has 0 heterocycles. The van der Waals surface area contributed by atoms with E-state index < -0.39 is 4.92 Å². The fraction of sp³-hybridized carbons (Fsp3) is 0.